The first-order chi connectivity index (χ1) is 17.9. The van der Waals surface area contributed by atoms with Crippen molar-refractivity contribution < 1.29 is 14.3 Å². The molecule has 37 heavy (non-hydrogen) atoms. The first kappa shape index (κ1) is 26.7. The predicted molar refractivity (Wildman–Crippen MR) is 147 cm³/mol. The molecule has 0 radical (unpaired) electrons. The number of benzene rings is 2. The number of nitrogens with one attached hydrogen (secondary N) is 2. The van der Waals surface area contributed by atoms with E-state index in [1.807, 2.05) is 0 Å². The summed E-state index contributed by atoms with van der Waals surface area (Å²) in [6.45, 7) is 4.95. The van der Waals surface area contributed by atoms with Crippen molar-refractivity contribution in [3.63, 3.8) is 0 Å². The number of nitrogen functional groups attached to an aromatic ring is 1. The SMILES string of the molecule is CCN1CCC(CC(=O)NCc2ccc(-c3cc(Nc4ccc(Cl)cc4CF)ccc3O)nc2N)CC1. The number of anilines is 3. The van der Waals surface area contributed by atoms with Crippen LogP contribution in [-0.4, -0.2) is 40.5 Å². The third kappa shape index (κ3) is 6.90. The van der Waals surface area contributed by atoms with E-state index in [2.05, 4.69) is 27.4 Å². The lowest BCUT2D eigenvalue weighted by Crippen LogP contribution is -2.35. The van der Waals surface area contributed by atoms with E-state index in [9.17, 15) is 14.3 Å². The minimum atomic E-state index is -0.665. The van der Waals surface area contributed by atoms with Gasteiger partial charge < -0.3 is 26.4 Å². The highest BCUT2D eigenvalue weighted by atomic mass is 35.5. The molecule has 9 heteroatoms. The molecule has 7 nitrogen and oxygen atoms in total. The van der Waals surface area contributed by atoms with E-state index in [1.54, 1.807) is 48.5 Å². The third-order valence-corrected chi connectivity index (χ3v) is 7.11. The third-order valence-electron chi connectivity index (χ3n) is 6.88. The summed E-state index contributed by atoms with van der Waals surface area (Å²) in [4.78, 5) is 19.3. The molecular formula is C28H33ClFN5O2. The number of aromatic nitrogens is 1. The van der Waals surface area contributed by atoms with E-state index in [0.717, 1.165) is 32.5 Å². The summed E-state index contributed by atoms with van der Waals surface area (Å²) < 4.78 is 13.4. The van der Waals surface area contributed by atoms with E-state index in [0.29, 0.717) is 57.7 Å². The van der Waals surface area contributed by atoms with Gasteiger partial charge in [-0.2, -0.15) is 0 Å². The summed E-state index contributed by atoms with van der Waals surface area (Å²) >= 11 is 5.97. The number of pyridine rings is 1. The molecule has 2 aromatic carbocycles. The Morgan fingerprint density at radius 1 is 1.16 bits per heavy atom. The van der Waals surface area contributed by atoms with Crippen molar-refractivity contribution in [1.29, 1.82) is 0 Å². The summed E-state index contributed by atoms with van der Waals surface area (Å²) in [5, 5.41) is 17.1. The molecule has 3 aromatic rings. The van der Waals surface area contributed by atoms with E-state index in [1.165, 1.54) is 0 Å². The van der Waals surface area contributed by atoms with Gasteiger partial charge in [0.2, 0.25) is 5.91 Å². The molecule has 0 atom stereocenters. The zero-order chi connectivity index (χ0) is 26.4. The number of hydrogen-bond donors (Lipinski definition) is 4. The van der Waals surface area contributed by atoms with Crippen molar-refractivity contribution in [2.24, 2.45) is 5.92 Å². The van der Waals surface area contributed by atoms with Gasteiger partial charge in [0.1, 0.15) is 18.2 Å². The monoisotopic (exact) mass is 525 g/mol. The minimum Gasteiger partial charge on any atom is -0.507 e. The number of hydrogen-bond acceptors (Lipinski definition) is 6. The zero-order valence-corrected chi connectivity index (χ0v) is 21.7. The first-order valence-electron chi connectivity index (χ1n) is 12.6. The highest BCUT2D eigenvalue weighted by Crippen LogP contribution is 2.34. The minimum absolute atomic E-state index is 0.0182. The average Bonchev–Trinajstić information content (AvgIpc) is 2.90. The molecule has 0 saturated carbocycles. The molecule has 0 bridgehead atoms. The Hall–Kier alpha value is -3.36. The summed E-state index contributed by atoms with van der Waals surface area (Å²) in [6.07, 6.45) is 2.61. The zero-order valence-electron chi connectivity index (χ0n) is 20.9. The fourth-order valence-electron chi connectivity index (χ4n) is 4.61. The van der Waals surface area contributed by atoms with Crippen molar-refractivity contribution in [2.75, 3.05) is 30.7 Å². The number of piperidine rings is 1. The number of aromatic hydroxyl groups is 1. The molecule has 0 aliphatic carbocycles. The Bertz CT molecular complexity index is 1250. The number of alkyl halides is 1. The Morgan fingerprint density at radius 2 is 1.95 bits per heavy atom. The molecule has 4 rings (SSSR count). The standard InChI is InChI=1S/C28H33ClFN5O2/c1-2-35-11-9-18(10-12-35)13-27(37)32-17-19-3-6-25(34-28(19)31)23-15-22(5-8-26(23)36)33-24-7-4-21(29)14-20(24)16-30/h3-8,14-15,18,33,36H,2,9-13,16-17H2,1H3,(H2,31,34)(H,32,37). The number of likely N-dealkylation sites (tertiary alicyclic amines) is 1. The Morgan fingerprint density at radius 3 is 2.65 bits per heavy atom. The molecule has 1 aliphatic heterocycles. The van der Waals surface area contributed by atoms with Crippen LogP contribution >= 0.6 is 11.6 Å². The molecular weight excluding hydrogens is 493 g/mol. The van der Waals surface area contributed by atoms with E-state index in [-0.39, 0.29) is 17.5 Å². The topological polar surface area (TPSA) is 104 Å². The number of phenols is 1. The van der Waals surface area contributed by atoms with Gasteiger partial charge in [0.05, 0.1) is 5.69 Å². The molecule has 1 aromatic heterocycles. The van der Waals surface area contributed by atoms with E-state index < -0.39 is 6.67 Å². The second kappa shape index (κ2) is 12.3. The smallest absolute Gasteiger partial charge is 0.220 e. The fraction of sp³-hybridized carbons (Fsp3) is 0.357. The number of amides is 1. The van der Waals surface area contributed by atoms with Gasteiger partial charge in [0.25, 0.3) is 0 Å². The van der Waals surface area contributed by atoms with Crippen LogP contribution in [0.2, 0.25) is 5.02 Å². The van der Waals surface area contributed by atoms with Crippen molar-refractivity contribution in [3.8, 4) is 17.0 Å². The van der Waals surface area contributed by atoms with Crippen LogP contribution in [0.5, 0.6) is 5.75 Å². The van der Waals surface area contributed by atoms with Crippen molar-refractivity contribution in [1.82, 2.24) is 15.2 Å². The molecule has 196 valence electrons. The van der Waals surface area contributed by atoms with Crippen LogP contribution in [0.15, 0.2) is 48.5 Å². The lowest BCUT2D eigenvalue weighted by Gasteiger charge is -2.30. The lowest BCUT2D eigenvalue weighted by atomic mass is 9.93. The molecule has 1 fully saturated rings. The molecule has 0 spiro atoms. The Kier molecular flexibility index (Phi) is 8.84. The number of nitrogens with two attached hydrogens (primary N) is 1. The van der Waals surface area contributed by atoms with Crippen molar-refractivity contribution in [3.05, 3.63) is 64.7 Å². The fourth-order valence-corrected chi connectivity index (χ4v) is 4.80. The highest BCUT2D eigenvalue weighted by Gasteiger charge is 2.20. The second-order valence-electron chi connectivity index (χ2n) is 9.39. The van der Waals surface area contributed by atoms with Gasteiger partial charge in [-0.15, -0.1) is 0 Å². The van der Waals surface area contributed by atoms with Gasteiger partial charge in [0, 0.05) is 46.1 Å². The second-order valence-corrected chi connectivity index (χ2v) is 9.83. The summed E-state index contributed by atoms with van der Waals surface area (Å²) in [5.74, 6) is 0.752. The maximum Gasteiger partial charge on any atom is 0.220 e. The van der Waals surface area contributed by atoms with Gasteiger partial charge in [-0.1, -0.05) is 24.6 Å². The largest absolute Gasteiger partial charge is 0.507 e. The van der Waals surface area contributed by atoms with Crippen LogP contribution in [0.1, 0.15) is 37.3 Å². The normalized spacial score (nSPS) is 14.5. The van der Waals surface area contributed by atoms with Crippen LogP contribution in [-0.2, 0) is 18.0 Å². The summed E-state index contributed by atoms with van der Waals surface area (Å²) in [6, 6.07) is 13.5. The molecule has 0 unspecified atom stereocenters. The number of nitrogens with zero attached hydrogens (tertiary/aromatic N) is 2. The Labute approximate surface area is 221 Å². The number of halogens is 2. The van der Waals surface area contributed by atoms with Crippen LogP contribution in [0.3, 0.4) is 0 Å². The molecule has 5 N–H and O–H groups in total. The van der Waals surface area contributed by atoms with Gasteiger partial charge in [0.15, 0.2) is 0 Å². The molecule has 1 saturated heterocycles. The van der Waals surface area contributed by atoms with E-state index >= 15 is 0 Å². The maximum atomic E-state index is 13.4. The van der Waals surface area contributed by atoms with Crippen LogP contribution in [0.25, 0.3) is 11.3 Å². The van der Waals surface area contributed by atoms with Gasteiger partial charge in [-0.25, -0.2) is 9.37 Å². The van der Waals surface area contributed by atoms with Crippen LogP contribution in [0.4, 0.5) is 21.6 Å². The molecule has 2 heterocycles. The number of carbonyl (C=O) groups excluding carboxylic acids is 1. The number of carbonyl (C=O) groups is 1. The Balaban J connectivity index is 1.40. The summed E-state index contributed by atoms with van der Waals surface area (Å²) in [5.41, 5.74) is 9.53. The molecule has 1 aliphatic rings. The lowest BCUT2D eigenvalue weighted by molar-refractivity contribution is -0.122. The maximum absolute atomic E-state index is 13.4. The predicted octanol–water partition coefficient (Wildman–Crippen LogP) is 5.64. The summed E-state index contributed by atoms with van der Waals surface area (Å²) in [7, 11) is 0. The van der Waals surface area contributed by atoms with Gasteiger partial charge in [-0.05, 0) is 80.9 Å². The number of rotatable bonds is 9. The molecule has 1 amide bonds. The van der Waals surface area contributed by atoms with Crippen LogP contribution < -0.4 is 16.4 Å². The first-order valence-corrected chi connectivity index (χ1v) is 12.9. The van der Waals surface area contributed by atoms with E-state index in [4.69, 9.17) is 17.3 Å². The highest BCUT2D eigenvalue weighted by molar-refractivity contribution is 6.30. The van der Waals surface area contributed by atoms with Gasteiger partial charge >= 0.3 is 0 Å². The number of phenolic OH excluding ortho intramolecular Hbond substituents is 1. The average molecular weight is 526 g/mol. The van der Waals surface area contributed by atoms with Gasteiger partial charge in [-0.3, -0.25) is 4.79 Å². The quantitative estimate of drug-likeness (QED) is 0.269. The van der Waals surface area contributed by atoms with Crippen molar-refractivity contribution in [2.45, 2.75) is 39.4 Å². The van der Waals surface area contributed by atoms with Crippen molar-refractivity contribution >= 4 is 34.7 Å². The van der Waals surface area contributed by atoms with Crippen LogP contribution in [0, 0.1) is 5.92 Å².